The molecular weight excluding hydrogens is 499 g/mol. The van der Waals surface area contributed by atoms with Gasteiger partial charge in [0.2, 0.25) is 0 Å². The van der Waals surface area contributed by atoms with Crippen LogP contribution in [0.4, 0.5) is 13.9 Å². The molecule has 0 unspecified atom stereocenters. The first-order valence-corrected chi connectivity index (χ1v) is 9.42. The molecule has 0 aliphatic carbocycles. The lowest BCUT2D eigenvalue weighted by atomic mass is 10.2. The van der Waals surface area contributed by atoms with Gasteiger partial charge in [0.1, 0.15) is 5.75 Å². The maximum atomic E-state index is 12.2. The molecule has 0 aliphatic rings. The van der Waals surface area contributed by atoms with Crippen LogP contribution in [-0.2, 0) is 13.1 Å². The van der Waals surface area contributed by atoms with Crippen molar-refractivity contribution in [3.05, 3.63) is 40.9 Å². The fourth-order valence-electron chi connectivity index (χ4n) is 2.32. The van der Waals surface area contributed by atoms with Gasteiger partial charge in [0.05, 0.1) is 12.2 Å². The van der Waals surface area contributed by atoms with Gasteiger partial charge in [-0.15, -0.1) is 35.3 Å². The smallest absolute Gasteiger partial charge is 0.387 e. The summed E-state index contributed by atoms with van der Waals surface area (Å²) in [6.07, 6.45) is 0. The molecule has 0 saturated heterocycles. The van der Waals surface area contributed by atoms with Crippen molar-refractivity contribution in [2.24, 2.45) is 4.99 Å². The van der Waals surface area contributed by atoms with E-state index in [9.17, 15) is 8.78 Å². The van der Waals surface area contributed by atoms with Crippen LogP contribution in [0.5, 0.6) is 5.75 Å². The van der Waals surface area contributed by atoms with E-state index in [0.29, 0.717) is 13.1 Å². The van der Waals surface area contributed by atoms with Crippen LogP contribution in [0.15, 0.2) is 34.6 Å². The van der Waals surface area contributed by atoms with Crippen LogP contribution in [0.1, 0.15) is 18.2 Å². The Kier molecular flexibility index (Phi) is 10.4. The average Bonchev–Trinajstić information content (AvgIpc) is 3.09. The summed E-state index contributed by atoms with van der Waals surface area (Å²) >= 11 is 1.59. The number of rotatable bonds is 8. The summed E-state index contributed by atoms with van der Waals surface area (Å²) in [6.45, 7) is 1.00. The van der Waals surface area contributed by atoms with E-state index in [1.165, 1.54) is 12.1 Å². The molecular formula is C18H26F2IN5OS. The van der Waals surface area contributed by atoms with Gasteiger partial charge in [-0.3, -0.25) is 0 Å². The number of nitrogens with one attached hydrogen (secondary N) is 1. The van der Waals surface area contributed by atoms with Gasteiger partial charge in [-0.25, -0.2) is 9.98 Å². The van der Waals surface area contributed by atoms with E-state index in [-0.39, 0.29) is 29.7 Å². The monoisotopic (exact) mass is 525 g/mol. The normalized spacial score (nSPS) is 11.2. The molecule has 156 valence electrons. The predicted molar refractivity (Wildman–Crippen MR) is 121 cm³/mol. The van der Waals surface area contributed by atoms with Gasteiger partial charge in [-0.1, -0.05) is 12.1 Å². The first-order valence-electron chi connectivity index (χ1n) is 8.54. The zero-order valence-corrected chi connectivity index (χ0v) is 19.5. The Labute approximate surface area is 185 Å². The summed E-state index contributed by atoms with van der Waals surface area (Å²) in [5, 5.41) is 6.21. The molecule has 0 radical (unpaired) electrons. The minimum Gasteiger partial charge on any atom is -0.435 e. The number of aliphatic imine (C=N–C) groups is 1. The van der Waals surface area contributed by atoms with E-state index in [2.05, 4.69) is 20.0 Å². The second-order valence-corrected chi connectivity index (χ2v) is 6.90. The highest BCUT2D eigenvalue weighted by atomic mass is 127. The minimum atomic E-state index is -2.82. The number of anilines is 1. The molecule has 2 rings (SSSR count). The topological polar surface area (TPSA) is 53.0 Å². The SMILES string of the molecule is CCNC(=NCc1csc(N(C)C)n1)N(C)Cc1ccc(OC(F)F)cc1.I. The Balaban J connectivity index is 0.00000392. The number of hydrogen-bond donors (Lipinski definition) is 1. The predicted octanol–water partition coefficient (Wildman–Crippen LogP) is 4.03. The highest BCUT2D eigenvalue weighted by molar-refractivity contribution is 14.0. The van der Waals surface area contributed by atoms with Crippen molar-refractivity contribution in [2.75, 3.05) is 32.6 Å². The van der Waals surface area contributed by atoms with Crippen LogP contribution in [0.25, 0.3) is 0 Å². The van der Waals surface area contributed by atoms with Crippen molar-refractivity contribution >= 4 is 46.4 Å². The number of hydrogen-bond acceptors (Lipinski definition) is 5. The Bertz CT molecular complexity index is 740. The highest BCUT2D eigenvalue weighted by Gasteiger charge is 2.09. The van der Waals surface area contributed by atoms with Gasteiger partial charge in [-0.05, 0) is 24.6 Å². The molecule has 0 atom stereocenters. The van der Waals surface area contributed by atoms with Crippen LogP contribution in [-0.4, -0.2) is 50.1 Å². The van der Waals surface area contributed by atoms with Gasteiger partial charge in [-0.2, -0.15) is 8.78 Å². The first kappa shape index (κ1) is 24.3. The second kappa shape index (κ2) is 12.0. The van der Waals surface area contributed by atoms with Crippen molar-refractivity contribution in [1.82, 2.24) is 15.2 Å². The average molecular weight is 525 g/mol. The molecule has 1 N–H and O–H groups in total. The van der Waals surface area contributed by atoms with Gasteiger partial charge >= 0.3 is 6.61 Å². The van der Waals surface area contributed by atoms with E-state index in [4.69, 9.17) is 0 Å². The van der Waals surface area contributed by atoms with E-state index in [1.54, 1.807) is 23.5 Å². The number of thiazole rings is 1. The number of nitrogens with zero attached hydrogens (tertiary/aromatic N) is 4. The van der Waals surface area contributed by atoms with Crippen molar-refractivity contribution in [3.63, 3.8) is 0 Å². The van der Waals surface area contributed by atoms with Crippen LogP contribution < -0.4 is 15.0 Å². The molecule has 10 heteroatoms. The Hall–Kier alpha value is -1.69. The zero-order chi connectivity index (χ0) is 19.8. The standard InChI is InChI=1S/C18H25F2N5OS.HI/c1-5-21-17(22-10-14-12-27-18(23-14)24(2)3)25(4)11-13-6-8-15(9-7-13)26-16(19)20;/h6-9,12,16H,5,10-11H2,1-4H3,(H,21,22);1H. The van der Waals surface area contributed by atoms with Gasteiger partial charge in [0.15, 0.2) is 11.1 Å². The van der Waals surface area contributed by atoms with Crippen LogP contribution in [0.3, 0.4) is 0 Å². The van der Waals surface area contributed by atoms with Crippen LogP contribution in [0, 0.1) is 0 Å². The quantitative estimate of drug-likeness (QED) is 0.321. The second-order valence-electron chi connectivity index (χ2n) is 6.06. The molecule has 1 aromatic heterocycles. The molecule has 0 amide bonds. The summed E-state index contributed by atoms with van der Waals surface area (Å²) < 4.78 is 28.8. The fourth-order valence-corrected chi connectivity index (χ4v) is 3.07. The number of alkyl halides is 2. The van der Waals surface area contributed by atoms with Gasteiger partial charge in [0.25, 0.3) is 0 Å². The number of guanidine groups is 1. The maximum absolute atomic E-state index is 12.2. The summed E-state index contributed by atoms with van der Waals surface area (Å²) in [6, 6.07) is 6.61. The molecule has 0 fully saturated rings. The molecule has 1 heterocycles. The molecule has 0 saturated carbocycles. The number of benzene rings is 1. The zero-order valence-electron chi connectivity index (χ0n) is 16.4. The molecule has 1 aromatic carbocycles. The van der Waals surface area contributed by atoms with Gasteiger partial charge in [0, 0.05) is 39.6 Å². The molecule has 6 nitrogen and oxygen atoms in total. The van der Waals surface area contributed by atoms with E-state index in [0.717, 1.165) is 28.9 Å². The third-order valence-electron chi connectivity index (χ3n) is 3.58. The minimum absolute atomic E-state index is 0. The highest BCUT2D eigenvalue weighted by Crippen LogP contribution is 2.19. The summed E-state index contributed by atoms with van der Waals surface area (Å²) in [5.74, 6) is 0.905. The van der Waals surface area contributed by atoms with Crippen molar-refractivity contribution in [1.29, 1.82) is 0 Å². The molecule has 2 aromatic rings. The van der Waals surface area contributed by atoms with Gasteiger partial charge < -0.3 is 19.9 Å². The summed E-state index contributed by atoms with van der Waals surface area (Å²) in [4.78, 5) is 13.1. The fraction of sp³-hybridized carbons (Fsp3) is 0.444. The molecule has 28 heavy (non-hydrogen) atoms. The van der Waals surface area contributed by atoms with Crippen LogP contribution in [0.2, 0.25) is 0 Å². The molecule has 0 aliphatic heterocycles. The third kappa shape index (κ3) is 7.74. The number of aromatic nitrogens is 1. The van der Waals surface area contributed by atoms with E-state index in [1.807, 2.05) is 43.2 Å². The van der Waals surface area contributed by atoms with Crippen LogP contribution >= 0.6 is 35.3 Å². The van der Waals surface area contributed by atoms with E-state index < -0.39 is 6.61 Å². The van der Waals surface area contributed by atoms with Crippen molar-refractivity contribution in [3.8, 4) is 5.75 Å². The lowest BCUT2D eigenvalue weighted by Gasteiger charge is -2.22. The number of halogens is 3. The maximum Gasteiger partial charge on any atom is 0.387 e. The lowest BCUT2D eigenvalue weighted by molar-refractivity contribution is -0.0498. The Morgan fingerprint density at radius 2 is 1.93 bits per heavy atom. The van der Waals surface area contributed by atoms with Crippen molar-refractivity contribution < 1.29 is 13.5 Å². The summed E-state index contributed by atoms with van der Waals surface area (Å²) in [7, 11) is 5.85. The molecule has 0 bridgehead atoms. The van der Waals surface area contributed by atoms with E-state index >= 15 is 0 Å². The Morgan fingerprint density at radius 1 is 1.25 bits per heavy atom. The molecule has 0 spiro atoms. The summed E-state index contributed by atoms with van der Waals surface area (Å²) in [5.41, 5.74) is 1.88. The Morgan fingerprint density at radius 3 is 2.46 bits per heavy atom. The lowest BCUT2D eigenvalue weighted by Crippen LogP contribution is -2.38. The third-order valence-corrected chi connectivity index (χ3v) is 4.63. The largest absolute Gasteiger partial charge is 0.435 e. The number of ether oxygens (including phenoxy) is 1. The first-order chi connectivity index (χ1) is 12.9. The van der Waals surface area contributed by atoms with Crippen molar-refractivity contribution in [2.45, 2.75) is 26.6 Å².